The summed E-state index contributed by atoms with van der Waals surface area (Å²) in [6.45, 7) is 1.43. The average molecular weight is 323 g/mol. The summed E-state index contributed by atoms with van der Waals surface area (Å²) in [5.41, 5.74) is 6.55. The van der Waals surface area contributed by atoms with Crippen LogP contribution in [0.4, 0.5) is 5.69 Å². The minimum absolute atomic E-state index is 0.146. The van der Waals surface area contributed by atoms with Gasteiger partial charge in [0, 0.05) is 24.3 Å². The summed E-state index contributed by atoms with van der Waals surface area (Å²) >= 11 is 0. The van der Waals surface area contributed by atoms with Gasteiger partial charge in [0.2, 0.25) is 5.91 Å². The molecule has 0 atom stereocenters. The Balaban J connectivity index is 1.84. The van der Waals surface area contributed by atoms with Crippen LogP contribution in [0.3, 0.4) is 0 Å². The number of carbonyl (C=O) groups excluding carboxylic acids is 3. The third-order valence-electron chi connectivity index (χ3n) is 2.99. The molecule has 0 fully saturated rings. The van der Waals surface area contributed by atoms with E-state index >= 15 is 0 Å². The maximum Gasteiger partial charge on any atom is 0.269 e. The molecule has 0 saturated heterocycles. The van der Waals surface area contributed by atoms with Crippen molar-refractivity contribution in [2.75, 3.05) is 5.32 Å². The van der Waals surface area contributed by atoms with Gasteiger partial charge in [0.1, 0.15) is 0 Å². The van der Waals surface area contributed by atoms with Crippen molar-refractivity contribution in [1.29, 1.82) is 0 Å². The topological polar surface area (TPSA) is 87.3 Å². The Hall–Kier alpha value is -3.41. The van der Waals surface area contributed by atoms with E-state index in [4.69, 9.17) is 0 Å². The van der Waals surface area contributed by atoms with Gasteiger partial charge in [-0.15, -0.1) is 0 Å². The van der Waals surface area contributed by atoms with Gasteiger partial charge >= 0.3 is 0 Å². The Bertz CT molecular complexity index is 753. The summed E-state index contributed by atoms with van der Waals surface area (Å²) in [6, 6.07) is 15.6. The van der Waals surface area contributed by atoms with Gasteiger partial charge in [0.05, 0.1) is 0 Å². The van der Waals surface area contributed by atoms with Gasteiger partial charge in [0.15, 0.2) is 0 Å². The van der Waals surface area contributed by atoms with Crippen molar-refractivity contribution in [2.45, 2.75) is 6.92 Å². The van der Waals surface area contributed by atoms with Crippen LogP contribution in [0.25, 0.3) is 6.08 Å². The zero-order valence-electron chi connectivity index (χ0n) is 13.1. The first kappa shape index (κ1) is 17.0. The van der Waals surface area contributed by atoms with Gasteiger partial charge in [-0.2, -0.15) is 0 Å². The Labute approximate surface area is 139 Å². The molecule has 0 heterocycles. The van der Waals surface area contributed by atoms with E-state index in [1.807, 2.05) is 0 Å². The van der Waals surface area contributed by atoms with Crippen LogP contribution in [0.1, 0.15) is 22.8 Å². The Kier molecular flexibility index (Phi) is 5.85. The number of benzene rings is 2. The lowest BCUT2D eigenvalue weighted by molar-refractivity contribution is -0.117. The second-order valence-electron chi connectivity index (χ2n) is 4.95. The molecule has 0 aromatic heterocycles. The molecular weight excluding hydrogens is 306 g/mol. The summed E-state index contributed by atoms with van der Waals surface area (Å²) in [7, 11) is 0. The number of hydrogen-bond acceptors (Lipinski definition) is 3. The average Bonchev–Trinajstić information content (AvgIpc) is 2.59. The smallest absolute Gasteiger partial charge is 0.269 e. The SMILES string of the molecule is CC(=O)Nc1ccc(C=CC(=O)NNC(=O)c2ccccc2)cc1. The van der Waals surface area contributed by atoms with Crippen molar-refractivity contribution >= 4 is 29.5 Å². The first-order valence-electron chi connectivity index (χ1n) is 7.26. The summed E-state index contributed by atoms with van der Waals surface area (Å²) in [6.07, 6.45) is 2.90. The molecule has 3 amide bonds. The van der Waals surface area contributed by atoms with E-state index in [-0.39, 0.29) is 5.91 Å². The normalized spacial score (nSPS) is 10.2. The van der Waals surface area contributed by atoms with Gasteiger partial charge in [-0.3, -0.25) is 25.2 Å². The maximum atomic E-state index is 11.8. The number of nitrogens with one attached hydrogen (secondary N) is 3. The number of amides is 3. The van der Waals surface area contributed by atoms with E-state index in [1.165, 1.54) is 13.0 Å². The summed E-state index contributed by atoms with van der Waals surface area (Å²) in [5.74, 6) is -0.992. The Morgan fingerprint density at radius 1 is 0.875 bits per heavy atom. The largest absolute Gasteiger partial charge is 0.326 e. The molecule has 122 valence electrons. The molecule has 0 unspecified atom stereocenters. The molecule has 2 rings (SSSR count). The van der Waals surface area contributed by atoms with Crippen molar-refractivity contribution < 1.29 is 14.4 Å². The Morgan fingerprint density at radius 3 is 2.17 bits per heavy atom. The maximum absolute atomic E-state index is 11.8. The fraction of sp³-hybridized carbons (Fsp3) is 0.0556. The number of rotatable bonds is 4. The number of hydrogen-bond donors (Lipinski definition) is 3. The highest BCUT2D eigenvalue weighted by Crippen LogP contribution is 2.10. The third kappa shape index (κ3) is 5.42. The van der Waals surface area contributed by atoms with Gasteiger partial charge in [0.25, 0.3) is 11.8 Å². The van der Waals surface area contributed by atoms with Crippen molar-refractivity contribution in [3.05, 3.63) is 71.8 Å². The minimum atomic E-state index is -0.454. The second kappa shape index (κ2) is 8.28. The summed E-state index contributed by atoms with van der Waals surface area (Å²) in [5, 5.41) is 2.66. The molecule has 0 bridgehead atoms. The first-order valence-corrected chi connectivity index (χ1v) is 7.26. The zero-order valence-corrected chi connectivity index (χ0v) is 13.1. The first-order chi connectivity index (χ1) is 11.5. The lowest BCUT2D eigenvalue weighted by Gasteiger charge is -2.05. The van der Waals surface area contributed by atoms with Crippen molar-refractivity contribution in [1.82, 2.24) is 10.9 Å². The standard InChI is InChI=1S/C18H17N3O3/c1-13(22)19-16-10-7-14(8-11-16)9-12-17(23)20-21-18(24)15-5-3-2-4-6-15/h2-12H,1H3,(H,19,22)(H,20,23)(H,21,24). The highest BCUT2D eigenvalue weighted by Gasteiger charge is 2.04. The van der Waals surface area contributed by atoms with Gasteiger partial charge in [-0.05, 0) is 35.9 Å². The predicted octanol–water partition coefficient (Wildman–Crippen LogP) is 2.12. The fourth-order valence-corrected chi connectivity index (χ4v) is 1.87. The molecule has 2 aromatic rings. The lowest BCUT2D eigenvalue weighted by Crippen LogP contribution is -2.40. The molecule has 6 heteroatoms. The van der Waals surface area contributed by atoms with Crippen LogP contribution in [0.5, 0.6) is 0 Å². The molecule has 3 N–H and O–H groups in total. The predicted molar refractivity (Wildman–Crippen MR) is 91.8 cm³/mol. The van der Waals surface area contributed by atoms with Gasteiger partial charge in [-0.1, -0.05) is 30.3 Å². The number of carbonyl (C=O) groups is 3. The van der Waals surface area contributed by atoms with E-state index in [1.54, 1.807) is 60.7 Å². The molecular formula is C18H17N3O3. The van der Waals surface area contributed by atoms with E-state index < -0.39 is 11.8 Å². The van der Waals surface area contributed by atoms with Crippen LogP contribution in [-0.2, 0) is 9.59 Å². The van der Waals surface area contributed by atoms with Gasteiger partial charge in [-0.25, -0.2) is 0 Å². The highest BCUT2D eigenvalue weighted by atomic mass is 16.2. The lowest BCUT2D eigenvalue weighted by atomic mass is 10.2. The molecule has 0 aliphatic heterocycles. The molecule has 0 aliphatic carbocycles. The van der Waals surface area contributed by atoms with Crippen LogP contribution in [0, 0.1) is 0 Å². The minimum Gasteiger partial charge on any atom is -0.326 e. The van der Waals surface area contributed by atoms with Crippen LogP contribution in [0.15, 0.2) is 60.7 Å². The number of hydrazine groups is 1. The zero-order chi connectivity index (χ0) is 17.4. The molecule has 2 aromatic carbocycles. The third-order valence-corrected chi connectivity index (χ3v) is 2.99. The monoisotopic (exact) mass is 323 g/mol. The summed E-state index contributed by atoms with van der Waals surface area (Å²) < 4.78 is 0. The molecule has 0 aliphatic rings. The van der Waals surface area contributed by atoms with Crippen molar-refractivity contribution in [3.63, 3.8) is 0 Å². The van der Waals surface area contributed by atoms with Crippen LogP contribution in [0.2, 0.25) is 0 Å². The molecule has 0 spiro atoms. The van der Waals surface area contributed by atoms with E-state index in [0.29, 0.717) is 11.3 Å². The quantitative estimate of drug-likeness (QED) is 0.595. The van der Waals surface area contributed by atoms with Gasteiger partial charge < -0.3 is 5.32 Å². The molecule has 6 nitrogen and oxygen atoms in total. The number of anilines is 1. The van der Waals surface area contributed by atoms with Crippen LogP contribution >= 0.6 is 0 Å². The molecule has 0 radical (unpaired) electrons. The van der Waals surface area contributed by atoms with E-state index in [2.05, 4.69) is 16.2 Å². The van der Waals surface area contributed by atoms with Crippen molar-refractivity contribution in [3.8, 4) is 0 Å². The highest BCUT2D eigenvalue weighted by molar-refractivity contribution is 5.97. The molecule has 0 saturated carbocycles. The Morgan fingerprint density at radius 2 is 1.54 bits per heavy atom. The van der Waals surface area contributed by atoms with Crippen LogP contribution in [-0.4, -0.2) is 17.7 Å². The van der Waals surface area contributed by atoms with E-state index in [0.717, 1.165) is 5.56 Å². The second-order valence-corrected chi connectivity index (χ2v) is 4.95. The van der Waals surface area contributed by atoms with Crippen LogP contribution < -0.4 is 16.2 Å². The van der Waals surface area contributed by atoms with E-state index in [9.17, 15) is 14.4 Å². The van der Waals surface area contributed by atoms with Crippen molar-refractivity contribution in [2.24, 2.45) is 0 Å². The molecule has 24 heavy (non-hydrogen) atoms. The summed E-state index contributed by atoms with van der Waals surface area (Å²) in [4.78, 5) is 34.4. The fourth-order valence-electron chi connectivity index (χ4n) is 1.87.